The molecule has 0 radical (unpaired) electrons. The number of fused-ring (bicyclic) bond motifs is 3. The van der Waals surface area contributed by atoms with Crippen molar-refractivity contribution in [2.75, 3.05) is 0 Å². The van der Waals surface area contributed by atoms with Crippen molar-refractivity contribution in [3.8, 4) is 11.5 Å². The fourth-order valence-corrected chi connectivity index (χ4v) is 3.23. The second-order valence-corrected chi connectivity index (χ2v) is 6.66. The Hall–Kier alpha value is -4.13. The summed E-state index contributed by atoms with van der Waals surface area (Å²) in [6, 6.07) is 19.9. The van der Waals surface area contributed by atoms with Crippen LogP contribution in [0.15, 0.2) is 75.7 Å². The summed E-state index contributed by atoms with van der Waals surface area (Å²) in [4.78, 5) is 16.9. The number of carbonyl (C=O) groups excluding carboxylic acids is 1. The second kappa shape index (κ2) is 7.36. The highest BCUT2D eigenvalue weighted by atomic mass is 16.5. The maximum atomic E-state index is 12.8. The molecule has 0 aliphatic carbocycles. The summed E-state index contributed by atoms with van der Waals surface area (Å²) in [7, 11) is 0. The number of hydrogen-bond donors (Lipinski definition) is 0. The highest BCUT2D eigenvalue weighted by molar-refractivity contribution is 6.05. The first-order chi connectivity index (χ1) is 14.7. The number of aromatic nitrogens is 2. The zero-order chi connectivity index (χ0) is 20.5. The molecule has 0 aliphatic rings. The van der Waals surface area contributed by atoms with Crippen LogP contribution < -0.4 is 9.47 Å². The van der Waals surface area contributed by atoms with Crippen LogP contribution in [-0.4, -0.2) is 16.1 Å². The van der Waals surface area contributed by atoms with Gasteiger partial charge in [0.2, 0.25) is 11.7 Å². The molecule has 0 amide bonds. The van der Waals surface area contributed by atoms with E-state index in [1.165, 1.54) is 0 Å². The number of aryl methyl sites for hydroxylation is 1. The van der Waals surface area contributed by atoms with Gasteiger partial charge in [-0.25, -0.2) is 4.79 Å². The first-order valence-corrected chi connectivity index (χ1v) is 9.32. The molecule has 0 saturated carbocycles. The van der Waals surface area contributed by atoms with Crippen molar-refractivity contribution in [1.29, 1.82) is 0 Å². The van der Waals surface area contributed by atoms with Gasteiger partial charge in [0.05, 0.1) is 0 Å². The van der Waals surface area contributed by atoms with Crippen molar-refractivity contribution < 1.29 is 23.2 Å². The molecule has 0 saturated heterocycles. The number of rotatable bonds is 5. The third-order valence-electron chi connectivity index (χ3n) is 4.59. The summed E-state index contributed by atoms with van der Waals surface area (Å²) in [5.74, 6) is 1.11. The highest BCUT2D eigenvalue weighted by Crippen LogP contribution is 2.32. The Bertz CT molecular complexity index is 1370. The van der Waals surface area contributed by atoms with Crippen LogP contribution in [0, 0.1) is 6.92 Å². The Morgan fingerprint density at radius 2 is 1.77 bits per heavy atom. The number of nitrogens with zero attached hydrogens (tertiary/aromatic N) is 2. The fourth-order valence-electron chi connectivity index (χ4n) is 3.23. The van der Waals surface area contributed by atoms with Crippen molar-refractivity contribution in [3.05, 3.63) is 84.0 Å². The van der Waals surface area contributed by atoms with Crippen LogP contribution in [0.4, 0.5) is 0 Å². The van der Waals surface area contributed by atoms with E-state index in [4.69, 9.17) is 18.4 Å². The maximum Gasteiger partial charge on any atom is 0.347 e. The molecule has 5 rings (SSSR count). The molecule has 0 bridgehead atoms. The zero-order valence-corrected chi connectivity index (χ0v) is 16.0. The molecule has 2 heterocycles. The average molecular weight is 400 g/mol. The molecule has 0 aliphatic heterocycles. The quantitative estimate of drug-likeness (QED) is 0.300. The summed E-state index contributed by atoms with van der Waals surface area (Å²) >= 11 is 0. The SMILES string of the molecule is Cc1nc(COc2ccccc2C(=O)Oc2ccc3oc4ccccc4c3c2)no1. The number of benzene rings is 3. The topological polar surface area (TPSA) is 87.6 Å². The Morgan fingerprint density at radius 3 is 2.63 bits per heavy atom. The summed E-state index contributed by atoms with van der Waals surface area (Å²) in [6.07, 6.45) is 0. The van der Waals surface area contributed by atoms with Gasteiger partial charge in [-0.05, 0) is 36.4 Å². The van der Waals surface area contributed by atoms with Gasteiger partial charge in [0.1, 0.15) is 28.2 Å². The number of hydrogen-bond acceptors (Lipinski definition) is 7. The third-order valence-corrected chi connectivity index (χ3v) is 4.59. The van der Waals surface area contributed by atoms with Crippen LogP contribution >= 0.6 is 0 Å². The van der Waals surface area contributed by atoms with Crippen LogP contribution in [0.25, 0.3) is 21.9 Å². The lowest BCUT2D eigenvalue weighted by atomic mass is 10.1. The average Bonchev–Trinajstić information content (AvgIpc) is 3.35. The fraction of sp³-hybridized carbons (Fsp3) is 0.0870. The first-order valence-electron chi connectivity index (χ1n) is 9.32. The van der Waals surface area contributed by atoms with Gasteiger partial charge in [0.25, 0.3) is 0 Å². The summed E-state index contributed by atoms with van der Waals surface area (Å²) in [6.45, 7) is 1.77. The lowest BCUT2D eigenvalue weighted by Gasteiger charge is -2.10. The Labute approximate surface area is 170 Å². The van der Waals surface area contributed by atoms with E-state index in [9.17, 15) is 4.79 Å². The summed E-state index contributed by atoms with van der Waals surface area (Å²) in [5, 5.41) is 5.63. The van der Waals surface area contributed by atoms with E-state index in [1.807, 2.05) is 24.3 Å². The van der Waals surface area contributed by atoms with Crippen LogP contribution in [0.5, 0.6) is 11.5 Å². The van der Waals surface area contributed by atoms with E-state index in [-0.39, 0.29) is 6.61 Å². The third kappa shape index (κ3) is 3.37. The van der Waals surface area contributed by atoms with Crippen molar-refractivity contribution in [2.45, 2.75) is 13.5 Å². The van der Waals surface area contributed by atoms with Crippen LogP contribution in [0.3, 0.4) is 0 Å². The number of ether oxygens (including phenoxy) is 2. The Balaban J connectivity index is 1.39. The normalized spacial score (nSPS) is 11.1. The molecule has 0 fully saturated rings. The van der Waals surface area contributed by atoms with Crippen LogP contribution in [0.2, 0.25) is 0 Å². The molecule has 30 heavy (non-hydrogen) atoms. The monoisotopic (exact) mass is 400 g/mol. The van der Waals surface area contributed by atoms with Gasteiger partial charge in [-0.3, -0.25) is 0 Å². The predicted molar refractivity (Wildman–Crippen MR) is 108 cm³/mol. The van der Waals surface area contributed by atoms with E-state index in [0.29, 0.717) is 28.8 Å². The largest absolute Gasteiger partial charge is 0.485 e. The molecule has 7 nitrogen and oxygen atoms in total. The van der Waals surface area contributed by atoms with Gasteiger partial charge >= 0.3 is 5.97 Å². The lowest BCUT2D eigenvalue weighted by Crippen LogP contribution is -2.11. The smallest absolute Gasteiger partial charge is 0.347 e. The van der Waals surface area contributed by atoms with E-state index < -0.39 is 5.97 Å². The van der Waals surface area contributed by atoms with E-state index in [0.717, 1.165) is 21.9 Å². The van der Waals surface area contributed by atoms with Gasteiger partial charge in [-0.2, -0.15) is 4.98 Å². The summed E-state index contributed by atoms with van der Waals surface area (Å²) in [5.41, 5.74) is 1.82. The number of para-hydroxylation sites is 2. The van der Waals surface area contributed by atoms with Crippen molar-refractivity contribution in [2.24, 2.45) is 0 Å². The maximum absolute atomic E-state index is 12.8. The van der Waals surface area contributed by atoms with Gasteiger partial charge < -0.3 is 18.4 Å². The van der Waals surface area contributed by atoms with Gasteiger partial charge in [-0.1, -0.05) is 35.5 Å². The number of furan rings is 1. The molecule has 5 aromatic rings. The molecular formula is C23H16N2O5. The minimum Gasteiger partial charge on any atom is -0.485 e. The van der Waals surface area contributed by atoms with Crippen molar-refractivity contribution in [1.82, 2.24) is 10.1 Å². The molecule has 0 N–H and O–H groups in total. The Kier molecular flexibility index (Phi) is 4.40. The second-order valence-electron chi connectivity index (χ2n) is 6.66. The van der Waals surface area contributed by atoms with E-state index in [2.05, 4.69) is 10.1 Å². The molecular weight excluding hydrogens is 384 g/mol. The molecule has 148 valence electrons. The number of carbonyl (C=O) groups is 1. The zero-order valence-electron chi connectivity index (χ0n) is 16.0. The van der Waals surface area contributed by atoms with Crippen molar-refractivity contribution >= 4 is 27.9 Å². The standard InChI is InChI=1S/C23H16N2O5/c1-14-24-22(25-30-14)13-27-19-8-4-3-7-17(19)23(26)28-15-10-11-21-18(12-15)16-6-2-5-9-20(16)29-21/h2-12H,13H2,1H3. The minimum absolute atomic E-state index is 0.0780. The molecule has 7 heteroatoms. The molecule has 0 atom stereocenters. The van der Waals surface area contributed by atoms with Gasteiger partial charge in [0, 0.05) is 17.7 Å². The predicted octanol–water partition coefficient (Wildman–Crippen LogP) is 5.08. The lowest BCUT2D eigenvalue weighted by molar-refractivity contribution is 0.0729. The molecule has 2 aromatic heterocycles. The van der Waals surface area contributed by atoms with Gasteiger partial charge in [0.15, 0.2) is 6.61 Å². The van der Waals surface area contributed by atoms with Crippen molar-refractivity contribution in [3.63, 3.8) is 0 Å². The minimum atomic E-state index is -0.526. The van der Waals surface area contributed by atoms with E-state index in [1.54, 1.807) is 49.4 Å². The first kappa shape index (κ1) is 17.9. The van der Waals surface area contributed by atoms with Gasteiger partial charge in [-0.15, -0.1) is 0 Å². The van der Waals surface area contributed by atoms with E-state index >= 15 is 0 Å². The summed E-state index contributed by atoms with van der Waals surface area (Å²) < 4.78 is 22.1. The highest BCUT2D eigenvalue weighted by Gasteiger charge is 2.16. The van der Waals surface area contributed by atoms with Crippen LogP contribution in [0.1, 0.15) is 22.1 Å². The molecule has 0 unspecified atom stereocenters. The number of esters is 1. The molecule has 0 spiro atoms. The Morgan fingerprint density at radius 1 is 0.967 bits per heavy atom. The molecule has 3 aromatic carbocycles. The van der Waals surface area contributed by atoms with Crippen LogP contribution in [-0.2, 0) is 6.61 Å².